The predicted octanol–water partition coefficient (Wildman–Crippen LogP) is 3.18. The summed E-state index contributed by atoms with van der Waals surface area (Å²) in [6.07, 6.45) is 5.35. The molecule has 0 bridgehead atoms. The van der Waals surface area contributed by atoms with Crippen molar-refractivity contribution >= 4 is 5.91 Å². The second-order valence-corrected chi connectivity index (χ2v) is 7.39. The van der Waals surface area contributed by atoms with Gasteiger partial charge >= 0.3 is 0 Å². The average Bonchev–Trinajstić information content (AvgIpc) is 3.41. The number of carbonyl (C=O) groups excluding carboxylic acids is 1. The van der Waals surface area contributed by atoms with Crippen LogP contribution in [0.25, 0.3) is 11.3 Å². The van der Waals surface area contributed by atoms with Crippen molar-refractivity contribution in [1.82, 2.24) is 20.0 Å². The van der Waals surface area contributed by atoms with Crippen LogP contribution < -0.4 is 4.74 Å². The van der Waals surface area contributed by atoms with Crippen molar-refractivity contribution < 1.29 is 9.53 Å². The third kappa shape index (κ3) is 4.00. The number of rotatable bonds is 5. The SMILES string of the molecule is CCOc1ccc(-c2cc(C(=O)N3CCN(C4CCCC4)CC3)[nH]n2)cc1. The highest BCUT2D eigenvalue weighted by Crippen LogP contribution is 2.25. The number of aromatic amines is 1. The standard InChI is InChI=1S/C21H28N4O2/c1-2-27-18-9-7-16(8-10-18)19-15-20(23-22-19)21(26)25-13-11-24(12-14-25)17-5-3-4-6-17/h7-10,15,17H,2-6,11-14H2,1H3,(H,22,23). The van der Waals surface area contributed by atoms with Crippen molar-refractivity contribution in [1.29, 1.82) is 0 Å². The lowest BCUT2D eigenvalue weighted by Gasteiger charge is -2.37. The zero-order valence-electron chi connectivity index (χ0n) is 16.0. The van der Waals surface area contributed by atoms with Crippen molar-refractivity contribution in [3.8, 4) is 17.0 Å². The zero-order valence-corrected chi connectivity index (χ0v) is 16.0. The van der Waals surface area contributed by atoms with Crippen LogP contribution in [0.1, 0.15) is 43.1 Å². The van der Waals surface area contributed by atoms with E-state index in [9.17, 15) is 4.79 Å². The Balaban J connectivity index is 1.37. The first-order chi connectivity index (χ1) is 13.2. The molecule has 1 aromatic carbocycles. The van der Waals surface area contributed by atoms with Crippen LogP contribution in [-0.2, 0) is 0 Å². The molecule has 1 aromatic heterocycles. The van der Waals surface area contributed by atoms with Gasteiger partial charge in [0.15, 0.2) is 0 Å². The van der Waals surface area contributed by atoms with Gasteiger partial charge in [-0.05, 0) is 50.1 Å². The molecule has 1 saturated heterocycles. The van der Waals surface area contributed by atoms with Crippen LogP contribution in [0.2, 0.25) is 0 Å². The monoisotopic (exact) mass is 368 g/mol. The minimum absolute atomic E-state index is 0.0470. The van der Waals surface area contributed by atoms with E-state index in [1.54, 1.807) is 0 Å². The minimum atomic E-state index is 0.0470. The van der Waals surface area contributed by atoms with Crippen molar-refractivity contribution in [2.24, 2.45) is 0 Å². The van der Waals surface area contributed by atoms with E-state index in [0.29, 0.717) is 12.3 Å². The Morgan fingerprint density at radius 2 is 1.85 bits per heavy atom. The molecule has 27 heavy (non-hydrogen) atoms. The fourth-order valence-electron chi connectivity index (χ4n) is 4.20. The fraction of sp³-hybridized carbons (Fsp3) is 0.524. The summed E-state index contributed by atoms with van der Waals surface area (Å²) in [5, 5.41) is 7.25. The second kappa shape index (κ2) is 8.13. The first-order valence-corrected chi connectivity index (χ1v) is 10.1. The van der Waals surface area contributed by atoms with E-state index >= 15 is 0 Å². The zero-order chi connectivity index (χ0) is 18.6. The topological polar surface area (TPSA) is 61.5 Å². The molecular weight excluding hydrogens is 340 g/mol. The lowest BCUT2D eigenvalue weighted by Crippen LogP contribution is -2.51. The Kier molecular flexibility index (Phi) is 5.43. The number of benzene rings is 1. The van der Waals surface area contributed by atoms with Gasteiger partial charge in [-0.15, -0.1) is 0 Å². The van der Waals surface area contributed by atoms with Crippen molar-refractivity contribution in [3.05, 3.63) is 36.0 Å². The Hall–Kier alpha value is -2.34. The van der Waals surface area contributed by atoms with Crippen LogP contribution in [0.3, 0.4) is 0 Å². The van der Waals surface area contributed by atoms with Gasteiger partial charge in [0.1, 0.15) is 11.4 Å². The number of hydrogen-bond donors (Lipinski definition) is 1. The minimum Gasteiger partial charge on any atom is -0.494 e. The Morgan fingerprint density at radius 1 is 1.15 bits per heavy atom. The summed E-state index contributed by atoms with van der Waals surface area (Å²) in [6.45, 7) is 6.17. The molecule has 1 N–H and O–H groups in total. The smallest absolute Gasteiger partial charge is 0.271 e. The summed E-state index contributed by atoms with van der Waals surface area (Å²) in [6, 6.07) is 10.4. The number of H-pyrrole nitrogens is 1. The summed E-state index contributed by atoms with van der Waals surface area (Å²) >= 11 is 0. The summed E-state index contributed by atoms with van der Waals surface area (Å²) < 4.78 is 5.47. The van der Waals surface area contributed by atoms with E-state index in [1.165, 1.54) is 25.7 Å². The number of nitrogens with zero attached hydrogens (tertiary/aromatic N) is 3. The molecule has 6 nitrogen and oxygen atoms in total. The number of amides is 1. The molecule has 1 saturated carbocycles. The second-order valence-electron chi connectivity index (χ2n) is 7.39. The van der Waals surface area contributed by atoms with E-state index in [2.05, 4.69) is 15.1 Å². The molecule has 1 aliphatic heterocycles. The normalized spacial score (nSPS) is 18.8. The van der Waals surface area contributed by atoms with Crippen molar-refractivity contribution in [3.63, 3.8) is 0 Å². The molecule has 2 fully saturated rings. The summed E-state index contributed by atoms with van der Waals surface area (Å²) in [5.41, 5.74) is 2.32. The lowest BCUT2D eigenvalue weighted by atomic mass is 10.1. The van der Waals surface area contributed by atoms with Gasteiger partial charge < -0.3 is 9.64 Å². The molecule has 0 spiro atoms. The largest absolute Gasteiger partial charge is 0.494 e. The molecule has 1 aliphatic carbocycles. The summed E-state index contributed by atoms with van der Waals surface area (Å²) in [5.74, 6) is 0.888. The number of carbonyl (C=O) groups is 1. The van der Waals surface area contributed by atoms with Gasteiger partial charge in [-0.1, -0.05) is 12.8 Å². The maximum absolute atomic E-state index is 12.8. The number of aromatic nitrogens is 2. The number of nitrogens with one attached hydrogen (secondary N) is 1. The van der Waals surface area contributed by atoms with Gasteiger partial charge in [0.25, 0.3) is 5.91 Å². The van der Waals surface area contributed by atoms with Gasteiger partial charge in [0, 0.05) is 37.8 Å². The molecule has 144 valence electrons. The molecule has 0 radical (unpaired) electrons. The fourth-order valence-corrected chi connectivity index (χ4v) is 4.20. The van der Waals surface area contributed by atoms with Gasteiger partial charge in [-0.2, -0.15) is 5.10 Å². The third-order valence-electron chi connectivity index (χ3n) is 5.71. The summed E-state index contributed by atoms with van der Waals surface area (Å²) in [7, 11) is 0. The summed E-state index contributed by atoms with van der Waals surface area (Å²) in [4.78, 5) is 17.3. The highest BCUT2D eigenvalue weighted by molar-refractivity contribution is 5.93. The van der Waals surface area contributed by atoms with Crippen LogP contribution in [0, 0.1) is 0 Å². The first-order valence-electron chi connectivity index (χ1n) is 10.1. The van der Waals surface area contributed by atoms with Gasteiger partial charge in [0.2, 0.25) is 0 Å². The molecule has 2 heterocycles. The van der Waals surface area contributed by atoms with E-state index in [1.807, 2.05) is 42.2 Å². The van der Waals surface area contributed by atoms with Gasteiger partial charge in [-0.3, -0.25) is 14.8 Å². The van der Waals surface area contributed by atoms with E-state index in [4.69, 9.17) is 4.74 Å². The number of ether oxygens (including phenoxy) is 1. The quantitative estimate of drug-likeness (QED) is 0.881. The first kappa shape index (κ1) is 18.0. The Morgan fingerprint density at radius 3 is 2.52 bits per heavy atom. The van der Waals surface area contributed by atoms with Crippen LogP contribution >= 0.6 is 0 Å². The van der Waals surface area contributed by atoms with Gasteiger partial charge in [0.05, 0.1) is 12.3 Å². The van der Waals surface area contributed by atoms with Crippen molar-refractivity contribution in [2.45, 2.75) is 38.6 Å². The molecule has 2 aromatic rings. The van der Waals surface area contributed by atoms with Gasteiger partial charge in [-0.25, -0.2) is 0 Å². The van der Waals surface area contributed by atoms with E-state index in [0.717, 1.165) is 49.2 Å². The number of piperazine rings is 1. The third-order valence-corrected chi connectivity index (χ3v) is 5.71. The molecule has 1 amide bonds. The van der Waals surface area contributed by atoms with Crippen molar-refractivity contribution in [2.75, 3.05) is 32.8 Å². The van der Waals surface area contributed by atoms with Crippen LogP contribution in [0.15, 0.2) is 30.3 Å². The van der Waals surface area contributed by atoms with Crippen LogP contribution in [0.5, 0.6) is 5.75 Å². The van der Waals surface area contributed by atoms with Crippen LogP contribution in [-0.4, -0.2) is 64.7 Å². The Labute approximate surface area is 160 Å². The predicted molar refractivity (Wildman–Crippen MR) is 105 cm³/mol. The average molecular weight is 368 g/mol. The Bertz CT molecular complexity index is 757. The molecular formula is C21H28N4O2. The maximum atomic E-state index is 12.8. The van der Waals surface area contributed by atoms with Crippen LogP contribution in [0.4, 0.5) is 0 Å². The number of hydrogen-bond acceptors (Lipinski definition) is 4. The van der Waals surface area contributed by atoms with E-state index < -0.39 is 0 Å². The molecule has 0 atom stereocenters. The lowest BCUT2D eigenvalue weighted by molar-refractivity contribution is 0.0568. The molecule has 4 rings (SSSR count). The maximum Gasteiger partial charge on any atom is 0.271 e. The molecule has 2 aliphatic rings. The van der Waals surface area contributed by atoms with E-state index in [-0.39, 0.29) is 5.91 Å². The highest BCUT2D eigenvalue weighted by atomic mass is 16.5. The molecule has 0 unspecified atom stereocenters. The highest BCUT2D eigenvalue weighted by Gasteiger charge is 2.28. The molecule has 6 heteroatoms.